The van der Waals surface area contributed by atoms with E-state index in [1.165, 1.54) is 5.56 Å². The summed E-state index contributed by atoms with van der Waals surface area (Å²) in [7, 11) is -3.69. The molecule has 0 N–H and O–H groups in total. The average molecular weight is 318 g/mol. The zero-order valence-corrected chi connectivity index (χ0v) is 13.2. The van der Waals surface area contributed by atoms with Gasteiger partial charge in [-0.15, -0.1) is 0 Å². The van der Waals surface area contributed by atoms with Crippen LogP contribution in [0, 0.1) is 6.92 Å². The minimum atomic E-state index is -3.69. The van der Waals surface area contributed by atoms with Gasteiger partial charge in [0.2, 0.25) is 0 Å². The summed E-state index contributed by atoms with van der Waals surface area (Å²) in [5.41, 5.74) is 3.27. The Labute approximate surface area is 130 Å². The highest BCUT2D eigenvalue weighted by Crippen LogP contribution is 2.28. The van der Waals surface area contributed by atoms with E-state index in [-0.39, 0.29) is 11.5 Å². The molecule has 4 nitrogen and oxygen atoms in total. The molecule has 0 fully saturated rings. The van der Waals surface area contributed by atoms with Gasteiger partial charge in [0.05, 0.1) is 18.1 Å². The smallest absolute Gasteiger partial charge is 0.296 e. The van der Waals surface area contributed by atoms with Gasteiger partial charge in [0.15, 0.2) is 0 Å². The summed E-state index contributed by atoms with van der Waals surface area (Å²) in [4.78, 5) is 0.194. The lowest BCUT2D eigenvalue weighted by Crippen LogP contribution is -2.09. The Morgan fingerprint density at radius 2 is 1.91 bits per heavy atom. The van der Waals surface area contributed by atoms with Crippen molar-refractivity contribution in [1.29, 1.82) is 0 Å². The van der Waals surface area contributed by atoms with Gasteiger partial charge >= 0.3 is 0 Å². The van der Waals surface area contributed by atoms with Gasteiger partial charge in [-0.3, -0.25) is 4.18 Å². The highest BCUT2D eigenvalue weighted by molar-refractivity contribution is 7.86. The van der Waals surface area contributed by atoms with Crippen LogP contribution in [0.5, 0.6) is 5.75 Å². The van der Waals surface area contributed by atoms with E-state index in [0.717, 1.165) is 23.3 Å². The molecule has 0 saturated heterocycles. The number of hydrogen-bond donors (Lipinski definition) is 0. The first-order chi connectivity index (χ1) is 10.6. The third kappa shape index (κ3) is 3.15. The molecule has 2 aromatic rings. The predicted octanol–water partition coefficient (Wildman–Crippen LogP) is 2.88. The van der Waals surface area contributed by atoms with Gasteiger partial charge in [-0.2, -0.15) is 8.42 Å². The highest BCUT2D eigenvalue weighted by Gasteiger charge is 2.18. The summed E-state index contributed by atoms with van der Waals surface area (Å²) >= 11 is 0. The van der Waals surface area contributed by atoms with Crippen LogP contribution in [0.4, 0.5) is 0 Å². The molecule has 5 heteroatoms. The predicted molar refractivity (Wildman–Crippen MR) is 83.7 cm³/mol. The molecule has 0 atom stereocenters. The largest absolute Gasteiger partial charge is 0.493 e. The fourth-order valence-corrected chi connectivity index (χ4v) is 3.47. The fraction of sp³-hybridized carbons (Fsp3) is 0.294. The fourth-order valence-electron chi connectivity index (χ4n) is 2.56. The molecule has 0 spiro atoms. The van der Waals surface area contributed by atoms with Crippen molar-refractivity contribution in [3.63, 3.8) is 0 Å². The Hall–Kier alpha value is -1.85. The minimum Gasteiger partial charge on any atom is -0.493 e. The van der Waals surface area contributed by atoms with Gasteiger partial charge in [-0.25, -0.2) is 0 Å². The van der Waals surface area contributed by atoms with Crippen molar-refractivity contribution in [1.82, 2.24) is 0 Å². The maximum Gasteiger partial charge on any atom is 0.296 e. The first-order valence-corrected chi connectivity index (χ1v) is 8.67. The standard InChI is InChI=1S/C17H18O4S/c1-13-5-7-15(8-6-13)22(18,19)21-12-9-14-3-2-4-17-16(14)10-11-20-17/h2-8H,9-12H2,1H3. The van der Waals surface area contributed by atoms with Crippen LogP contribution in [-0.4, -0.2) is 21.6 Å². The van der Waals surface area contributed by atoms with Crippen LogP contribution in [-0.2, 0) is 27.1 Å². The number of benzene rings is 2. The van der Waals surface area contributed by atoms with Gasteiger partial charge in [0.25, 0.3) is 10.1 Å². The first kappa shape index (κ1) is 15.1. The molecule has 116 valence electrons. The van der Waals surface area contributed by atoms with Crippen molar-refractivity contribution in [3.05, 3.63) is 59.2 Å². The summed E-state index contributed by atoms with van der Waals surface area (Å²) < 4.78 is 34.9. The Morgan fingerprint density at radius 1 is 1.14 bits per heavy atom. The van der Waals surface area contributed by atoms with E-state index in [1.54, 1.807) is 24.3 Å². The molecule has 0 unspecified atom stereocenters. The minimum absolute atomic E-state index is 0.132. The van der Waals surface area contributed by atoms with Crippen molar-refractivity contribution in [3.8, 4) is 5.75 Å². The molecule has 0 aliphatic carbocycles. The van der Waals surface area contributed by atoms with Gasteiger partial charge in [-0.05, 0) is 37.1 Å². The number of hydrogen-bond acceptors (Lipinski definition) is 4. The maximum atomic E-state index is 12.1. The van der Waals surface area contributed by atoms with E-state index in [9.17, 15) is 8.42 Å². The van der Waals surface area contributed by atoms with Crippen LogP contribution in [0.3, 0.4) is 0 Å². The zero-order valence-electron chi connectivity index (χ0n) is 12.4. The molecule has 0 radical (unpaired) electrons. The van der Waals surface area contributed by atoms with Crippen LogP contribution < -0.4 is 4.74 Å². The summed E-state index contributed by atoms with van der Waals surface area (Å²) in [6, 6.07) is 12.5. The lowest BCUT2D eigenvalue weighted by Gasteiger charge is -2.08. The molecule has 0 saturated carbocycles. The molecule has 1 aliphatic heterocycles. The van der Waals surface area contributed by atoms with E-state index in [4.69, 9.17) is 8.92 Å². The van der Waals surface area contributed by atoms with E-state index < -0.39 is 10.1 Å². The molecule has 22 heavy (non-hydrogen) atoms. The summed E-state index contributed by atoms with van der Waals surface area (Å²) in [5, 5.41) is 0. The molecule has 1 heterocycles. The van der Waals surface area contributed by atoms with Crippen molar-refractivity contribution in [2.45, 2.75) is 24.7 Å². The Morgan fingerprint density at radius 3 is 2.68 bits per heavy atom. The highest BCUT2D eigenvalue weighted by atomic mass is 32.2. The van der Waals surface area contributed by atoms with Gasteiger partial charge in [0, 0.05) is 12.0 Å². The van der Waals surface area contributed by atoms with Crippen molar-refractivity contribution in [2.24, 2.45) is 0 Å². The van der Waals surface area contributed by atoms with Crippen molar-refractivity contribution in [2.75, 3.05) is 13.2 Å². The van der Waals surface area contributed by atoms with Crippen LogP contribution in [0.1, 0.15) is 16.7 Å². The molecule has 3 rings (SSSR count). The summed E-state index contributed by atoms with van der Waals surface area (Å²) in [6.07, 6.45) is 1.42. The van der Waals surface area contributed by atoms with Crippen LogP contribution in [0.25, 0.3) is 0 Å². The second kappa shape index (κ2) is 6.10. The number of rotatable bonds is 5. The molecule has 0 aromatic heterocycles. The van der Waals surface area contributed by atoms with E-state index >= 15 is 0 Å². The van der Waals surface area contributed by atoms with Gasteiger partial charge in [0.1, 0.15) is 5.75 Å². The maximum absolute atomic E-state index is 12.1. The number of aryl methyl sites for hydroxylation is 1. The van der Waals surface area contributed by atoms with Crippen LogP contribution >= 0.6 is 0 Å². The molecule has 0 amide bonds. The van der Waals surface area contributed by atoms with E-state index in [2.05, 4.69) is 0 Å². The Balaban J connectivity index is 1.66. The van der Waals surface area contributed by atoms with Crippen LogP contribution in [0.15, 0.2) is 47.4 Å². The quantitative estimate of drug-likeness (QED) is 0.796. The van der Waals surface area contributed by atoms with Crippen LogP contribution in [0.2, 0.25) is 0 Å². The lowest BCUT2D eigenvalue weighted by atomic mass is 10.0. The average Bonchev–Trinajstić information content (AvgIpc) is 2.97. The third-order valence-corrected chi connectivity index (χ3v) is 5.09. The van der Waals surface area contributed by atoms with Gasteiger partial charge in [-0.1, -0.05) is 29.8 Å². The monoisotopic (exact) mass is 318 g/mol. The van der Waals surface area contributed by atoms with Crippen molar-refractivity contribution < 1.29 is 17.3 Å². The first-order valence-electron chi connectivity index (χ1n) is 7.26. The second-order valence-corrected chi connectivity index (χ2v) is 6.95. The van der Waals surface area contributed by atoms with Gasteiger partial charge < -0.3 is 4.74 Å². The molecular formula is C17H18O4S. The second-order valence-electron chi connectivity index (χ2n) is 5.33. The topological polar surface area (TPSA) is 52.6 Å². The molecule has 1 aliphatic rings. The Kier molecular flexibility index (Phi) is 4.18. The SMILES string of the molecule is Cc1ccc(S(=O)(=O)OCCc2cccc3c2CCO3)cc1. The van der Waals surface area contributed by atoms with E-state index in [1.807, 2.05) is 25.1 Å². The van der Waals surface area contributed by atoms with E-state index in [0.29, 0.717) is 13.0 Å². The zero-order chi connectivity index (χ0) is 15.6. The number of fused-ring (bicyclic) bond motifs is 1. The Bertz CT molecular complexity index is 764. The number of ether oxygens (including phenoxy) is 1. The van der Waals surface area contributed by atoms with Crippen molar-refractivity contribution >= 4 is 10.1 Å². The molecule has 0 bridgehead atoms. The molecular weight excluding hydrogens is 300 g/mol. The third-order valence-electron chi connectivity index (χ3n) is 3.76. The lowest BCUT2D eigenvalue weighted by molar-refractivity contribution is 0.322. The summed E-state index contributed by atoms with van der Waals surface area (Å²) in [6.45, 7) is 2.73. The summed E-state index contributed by atoms with van der Waals surface area (Å²) in [5.74, 6) is 0.902. The normalized spacial score (nSPS) is 13.7. The molecule has 2 aromatic carbocycles.